The van der Waals surface area contributed by atoms with Gasteiger partial charge in [0, 0.05) is 13.1 Å². The van der Waals surface area contributed by atoms with E-state index < -0.39 is 0 Å². The molecule has 1 aromatic carbocycles. The van der Waals surface area contributed by atoms with Crippen molar-refractivity contribution in [2.75, 3.05) is 20.6 Å². The molecule has 1 heterocycles. The topological polar surface area (TPSA) is 49.0 Å². The fourth-order valence-electron chi connectivity index (χ4n) is 2.16. The Morgan fingerprint density at radius 3 is 2.38 bits per heavy atom. The fourth-order valence-corrected chi connectivity index (χ4v) is 2.16. The lowest BCUT2D eigenvalue weighted by molar-refractivity contribution is 0.382. The van der Waals surface area contributed by atoms with Crippen molar-refractivity contribution < 1.29 is 0 Å². The van der Waals surface area contributed by atoms with Crippen molar-refractivity contribution in [1.82, 2.24) is 9.47 Å². The monoisotopic (exact) mass is 281 g/mol. The van der Waals surface area contributed by atoms with Crippen LogP contribution in [0.25, 0.3) is 11.3 Å². The van der Waals surface area contributed by atoms with E-state index in [9.17, 15) is 4.79 Å². The summed E-state index contributed by atoms with van der Waals surface area (Å²) in [4.78, 5) is 14.4. The number of nitriles is 1. The molecule has 108 valence electrons. The Labute approximate surface area is 124 Å². The molecule has 2 aromatic rings. The van der Waals surface area contributed by atoms with Gasteiger partial charge in [0.05, 0.1) is 5.69 Å². The molecule has 0 atom stereocenters. The Hall–Kier alpha value is -2.38. The molecule has 4 nitrogen and oxygen atoms in total. The van der Waals surface area contributed by atoms with Crippen LogP contribution in [0.4, 0.5) is 0 Å². The second-order valence-electron chi connectivity index (χ2n) is 5.37. The van der Waals surface area contributed by atoms with Gasteiger partial charge in [-0.2, -0.15) is 5.26 Å². The van der Waals surface area contributed by atoms with Crippen LogP contribution in [0.1, 0.15) is 11.1 Å². The maximum absolute atomic E-state index is 12.4. The Balaban J connectivity index is 2.54. The summed E-state index contributed by atoms with van der Waals surface area (Å²) in [6, 6.07) is 13.5. The Bertz CT molecular complexity index is 721. The largest absolute Gasteiger partial charge is 0.308 e. The fraction of sp³-hybridized carbons (Fsp3) is 0.294. The summed E-state index contributed by atoms with van der Waals surface area (Å²) in [6.45, 7) is 3.33. The summed E-state index contributed by atoms with van der Waals surface area (Å²) < 4.78 is 1.68. The Morgan fingerprint density at radius 2 is 1.81 bits per heavy atom. The van der Waals surface area contributed by atoms with Gasteiger partial charge in [-0.25, -0.2) is 0 Å². The molecule has 1 aromatic heterocycles. The summed E-state index contributed by atoms with van der Waals surface area (Å²) in [5.41, 5.74) is 2.97. The third-order valence-electron chi connectivity index (χ3n) is 3.41. The number of pyridine rings is 1. The van der Waals surface area contributed by atoms with E-state index in [4.69, 9.17) is 5.26 Å². The second kappa shape index (κ2) is 6.38. The maximum Gasteiger partial charge on any atom is 0.268 e. The zero-order valence-corrected chi connectivity index (χ0v) is 12.6. The SMILES string of the molecule is Cc1ccc(-c2ccc(C#N)c(=O)n2CCN(C)C)cc1. The van der Waals surface area contributed by atoms with Crippen LogP contribution in [0.3, 0.4) is 0 Å². The molecule has 4 heteroatoms. The first kappa shape index (κ1) is 15.0. The highest BCUT2D eigenvalue weighted by molar-refractivity contribution is 5.60. The molecule has 0 fully saturated rings. The van der Waals surface area contributed by atoms with Crippen molar-refractivity contribution in [2.24, 2.45) is 0 Å². The van der Waals surface area contributed by atoms with E-state index in [1.54, 1.807) is 10.6 Å². The van der Waals surface area contributed by atoms with E-state index in [0.717, 1.165) is 17.8 Å². The number of benzene rings is 1. The van der Waals surface area contributed by atoms with Crippen LogP contribution in [-0.4, -0.2) is 30.1 Å². The highest BCUT2D eigenvalue weighted by Gasteiger charge is 2.10. The molecule has 0 saturated heterocycles. The normalized spacial score (nSPS) is 10.6. The molecular formula is C17H19N3O. The third kappa shape index (κ3) is 3.39. The lowest BCUT2D eigenvalue weighted by atomic mass is 10.1. The van der Waals surface area contributed by atoms with Gasteiger partial charge < -0.3 is 9.47 Å². The van der Waals surface area contributed by atoms with Gasteiger partial charge in [-0.3, -0.25) is 4.79 Å². The molecule has 0 aliphatic rings. The van der Waals surface area contributed by atoms with Crippen LogP contribution in [0.2, 0.25) is 0 Å². The number of aromatic nitrogens is 1. The average Bonchev–Trinajstić information content (AvgIpc) is 2.46. The molecular weight excluding hydrogens is 262 g/mol. The molecule has 21 heavy (non-hydrogen) atoms. The number of aryl methyl sites for hydroxylation is 1. The van der Waals surface area contributed by atoms with Gasteiger partial charge in [-0.15, -0.1) is 0 Å². The number of nitrogens with zero attached hydrogens (tertiary/aromatic N) is 3. The predicted octanol–water partition coefficient (Wildman–Crippen LogP) is 2.26. The number of hydrogen-bond acceptors (Lipinski definition) is 3. The zero-order valence-electron chi connectivity index (χ0n) is 12.6. The second-order valence-corrected chi connectivity index (χ2v) is 5.37. The highest BCUT2D eigenvalue weighted by atomic mass is 16.1. The lowest BCUT2D eigenvalue weighted by Gasteiger charge is -2.16. The summed E-state index contributed by atoms with van der Waals surface area (Å²) >= 11 is 0. The Kier molecular flexibility index (Phi) is 4.56. The molecule has 0 unspecified atom stereocenters. The highest BCUT2D eigenvalue weighted by Crippen LogP contribution is 2.19. The average molecular weight is 281 g/mol. The molecule has 0 saturated carbocycles. The quantitative estimate of drug-likeness (QED) is 0.863. The summed E-state index contributed by atoms with van der Waals surface area (Å²) in [7, 11) is 3.93. The minimum absolute atomic E-state index is 0.185. The predicted molar refractivity (Wildman–Crippen MR) is 84.1 cm³/mol. The summed E-state index contributed by atoms with van der Waals surface area (Å²) in [6.07, 6.45) is 0. The summed E-state index contributed by atoms with van der Waals surface area (Å²) in [5.74, 6) is 0. The van der Waals surface area contributed by atoms with Crippen LogP contribution >= 0.6 is 0 Å². The molecule has 0 radical (unpaired) electrons. The van der Waals surface area contributed by atoms with Gasteiger partial charge in [0.25, 0.3) is 5.56 Å². The zero-order chi connectivity index (χ0) is 15.4. The van der Waals surface area contributed by atoms with Crippen molar-refractivity contribution in [2.45, 2.75) is 13.5 Å². The first-order chi connectivity index (χ1) is 10.0. The van der Waals surface area contributed by atoms with Gasteiger partial charge in [0.2, 0.25) is 0 Å². The van der Waals surface area contributed by atoms with E-state index in [1.165, 1.54) is 5.56 Å². The van der Waals surface area contributed by atoms with Crippen molar-refractivity contribution in [3.63, 3.8) is 0 Å². The third-order valence-corrected chi connectivity index (χ3v) is 3.41. The smallest absolute Gasteiger partial charge is 0.268 e. The molecule has 0 bridgehead atoms. The van der Waals surface area contributed by atoms with Gasteiger partial charge in [-0.1, -0.05) is 29.8 Å². The Morgan fingerprint density at radius 1 is 1.14 bits per heavy atom. The number of likely N-dealkylation sites (N-methyl/N-ethyl adjacent to an activating group) is 1. The first-order valence-corrected chi connectivity index (χ1v) is 6.88. The molecule has 2 rings (SSSR count). The molecule has 0 spiro atoms. The van der Waals surface area contributed by atoms with Gasteiger partial charge >= 0.3 is 0 Å². The molecule has 0 amide bonds. The minimum Gasteiger partial charge on any atom is -0.308 e. The standard InChI is InChI=1S/C17H19N3O/c1-13-4-6-14(7-5-13)16-9-8-15(12-18)17(21)20(16)11-10-19(2)3/h4-9H,10-11H2,1-3H3. The van der Waals surface area contributed by atoms with Crippen molar-refractivity contribution in [1.29, 1.82) is 5.26 Å². The summed E-state index contributed by atoms with van der Waals surface area (Å²) in [5, 5.41) is 9.04. The lowest BCUT2D eigenvalue weighted by Crippen LogP contribution is -2.29. The van der Waals surface area contributed by atoms with Crippen LogP contribution in [-0.2, 0) is 6.54 Å². The van der Waals surface area contributed by atoms with Crippen LogP contribution in [0.5, 0.6) is 0 Å². The van der Waals surface area contributed by atoms with E-state index in [-0.39, 0.29) is 11.1 Å². The molecule has 0 aliphatic carbocycles. The molecule has 0 N–H and O–H groups in total. The van der Waals surface area contributed by atoms with Gasteiger partial charge in [-0.05, 0) is 38.7 Å². The first-order valence-electron chi connectivity index (χ1n) is 6.88. The number of rotatable bonds is 4. The van der Waals surface area contributed by atoms with E-state index in [0.29, 0.717) is 6.54 Å². The minimum atomic E-state index is -0.225. The van der Waals surface area contributed by atoms with Crippen LogP contribution < -0.4 is 5.56 Å². The van der Waals surface area contributed by atoms with E-state index in [1.807, 2.05) is 62.3 Å². The molecule has 0 aliphatic heterocycles. The van der Waals surface area contributed by atoms with Crippen LogP contribution in [0, 0.1) is 18.3 Å². The van der Waals surface area contributed by atoms with E-state index >= 15 is 0 Å². The maximum atomic E-state index is 12.4. The van der Waals surface area contributed by atoms with Crippen molar-refractivity contribution in [3.8, 4) is 17.3 Å². The van der Waals surface area contributed by atoms with Gasteiger partial charge in [0.15, 0.2) is 0 Å². The van der Waals surface area contributed by atoms with Crippen molar-refractivity contribution in [3.05, 3.63) is 57.9 Å². The van der Waals surface area contributed by atoms with Gasteiger partial charge in [0.1, 0.15) is 11.6 Å². The van der Waals surface area contributed by atoms with E-state index in [2.05, 4.69) is 0 Å². The number of hydrogen-bond donors (Lipinski definition) is 0. The van der Waals surface area contributed by atoms with Crippen molar-refractivity contribution >= 4 is 0 Å². The van der Waals surface area contributed by atoms with Crippen LogP contribution in [0.15, 0.2) is 41.2 Å².